The van der Waals surface area contributed by atoms with Crippen LogP contribution in [-0.4, -0.2) is 12.2 Å². The fraction of sp³-hybridized carbons (Fsp3) is 1.00. The van der Waals surface area contributed by atoms with E-state index in [0.717, 1.165) is 12.8 Å². The molecule has 0 aromatic heterocycles. The van der Waals surface area contributed by atoms with Crippen molar-refractivity contribution in [3.05, 3.63) is 0 Å². The summed E-state index contributed by atoms with van der Waals surface area (Å²) in [4.78, 5) is 0. The molecule has 0 saturated heterocycles. The average molecular weight is 243 g/mol. The van der Waals surface area contributed by atoms with Gasteiger partial charge in [-0.05, 0) is 18.0 Å². The van der Waals surface area contributed by atoms with Gasteiger partial charge in [0, 0.05) is 0 Å². The predicted molar refractivity (Wildman–Crippen MR) is 59.4 cm³/mol. The summed E-state index contributed by atoms with van der Waals surface area (Å²) in [7, 11) is 0. The van der Waals surface area contributed by atoms with Crippen LogP contribution in [-0.2, 0) is 4.74 Å². The molecule has 0 bridgehead atoms. The van der Waals surface area contributed by atoms with Crippen LogP contribution < -0.4 is 0 Å². The Labute approximate surface area is 96.1 Å². The van der Waals surface area contributed by atoms with Crippen molar-refractivity contribution in [2.75, 3.05) is 6.61 Å². The van der Waals surface area contributed by atoms with Gasteiger partial charge in [0.15, 0.2) is 0 Å². The molecule has 0 aliphatic heterocycles. The first-order chi connectivity index (χ1) is 7.06. The Morgan fingerprint density at radius 3 is 1.87 bits per heavy atom. The lowest BCUT2D eigenvalue weighted by atomic mass is 10.1. The van der Waals surface area contributed by atoms with E-state index in [4.69, 9.17) is 0 Å². The topological polar surface area (TPSA) is 9.23 Å². The summed E-state index contributed by atoms with van der Waals surface area (Å²) in [5.41, 5.74) is -3.48. The summed E-state index contributed by atoms with van der Waals surface area (Å²) >= 11 is 4.57. The maximum atomic E-state index is 12.0. The van der Waals surface area contributed by atoms with Crippen LogP contribution in [0.5, 0.6) is 0 Å². The zero-order valence-electron chi connectivity index (χ0n) is 9.41. The second-order valence-corrected chi connectivity index (χ2v) is 4.21. The molecule has 0 radical (unpaired) electrons. The van der Waals surface area contributed by atoms with E-state index in [1.807, 2.05) is 0 Å². The van der Waals surface area contributed by atoms with Gasteiger partial charge in [0.1, 0.15) is 0 Å². The summed E-state index contributed by atoms with van der Waals surface area (Å²) in [6.45, 7) is 2.23. The Morgan fingerprint density at radius 2 is 1.40 bits per heavy atom. The van der Waals surface area contributed by atoms with Crippen LogP contribution in [0.2, 0.25) is 0 Å². The fourth-order valence-corrected chi connectivity index (χ4v) is 1.50. The molecule has 0 N–H and O–H groups in total. The largest absolute Gasteiger partial charge is 0.440 e. The van der Waals surface area contributed by atoms with Crippen LogP contribution in [0, 0.1) is 0 Å². The van der Waals surface area contributed by atoms with Crippen LogP contribution in [0.1, 0.15) is 58.3 Å². The molecule has 0 rings (SSSR count). The molecule has 0 saturated carbocycles. The monoisotopic (exact) mass is 242 g/mol. The standard InChI is InChI=1S/C11H21ClF2O/c1-2-3-4-5-6-7-8-9-10-15-11(12,13)14/h2-10H2,1H3. The van der Waals surface area contributed by atoms with Gasteiger partial charge < -0.3 is 4.74 Å². The van der Waals surface area contributed by atoms with Crippen LogP contribution in [0.15, 0.2) is 0 Å². The van der Waals surface area contributed by atoms with Gasteiger partial charge in [-0.2, -0.15) is 8.78 Å². The Kier molecular flexibility index (Phi) is 9.41. The predicted octanol–water partition coefficient (Wildman–Crippen LogP) is 4.93. The van der Waals surface area contributed by atoms with E-state index in [2.05, 4.69) is 23.3 Å². The van der Waals surface area contributed by atoms with Crippen molar-refractivity contribution < 1.29 is 13.5 Å². The summed E-state index contributed by atoms with van der Waals surface area (Å²) in [5.74, 6) is 0. The fourth-order valence-electron chi connectivity index (χ4n) is 1.42. The Hall–Kier alpha value is 0.110. The summed E-state index contributed by atoms with van der Waals surface area (Å²) in [5, 5.41) is 0. The van der Waals surface area contributed by atoms with Gasteiger partial charge in [-0.3, -0.25) is 0 Å². The van der Waals surface area contributed by atoms with Crippen molar-refractivity contribution in [1.82, 2.24) is 0 Å². The molecule has 0 aliphatic carbocycles. The molecule has 0 unspecified atom stereocenters. The summed E-state index contributed by atoms with van der Waals surface area (Å²) in [6, 6.07) is 0. The van der Waals surface area contributed by atoms with Gasteiger partial charge in [0.25, 0.3) is 0 Å². The highest BCUT2D eigenvalue weighted by molar-refractivity contribution is 6.20. The number of alkyl halides is 3. The molecule has 0 amide bonds. The number of ether oxygens (including phenoxy) is 1. The average Bonchev–Trinajstić information content (AvgIpc) is 2.14. The highest BCUT2D eigenvalue weighted by atomic mass is 35.5. The van der Waals surface area contributed by atoms with Gasteiger partial charge in [0.05, 0.1) is 6.61 Å². The van der Waals surface area contributed by atoms with Gasteiger partial charge in [-0.15, -0.1) is 0 Å². The third-order valence-corrected chi connectivity index (χ3v) is 2.37. The summed E-state index contributed by atoms with van der Waals surface area (Å²) < 4.78 is 28.1. The van der Waals surface area contributed by atoms with Crippen LogP contribution in [0.3, 0.4) is 0 Å². The zero-order chi connectivity index (χ0) is 11.6. The third kappa shape index (κ3) is 14.1. The van der Waals surface area contributed by atoms with Crippen LogP contribution in [0.4, 0.5) is 8.78 Å². The Bertz CT molecular complexity index is 137. The van der Waals surface area contributed by atoms with Gasteiger partial charge >= 0.3 is 5.57 Å². The smallest absolute Gasteiger partial charge is 0.307 e. The number of unbranched alkanes of at least 4 members (excludes halogenated alkanes) is 7. The summed E-state index contributed by atoms with van der Waals surface area (Å²) in [6.07, 6.45) is 8.97. The molecule has 92 valence electrons. The van der Waals surface area contributed by atoms with E-state index in [0.29, 0.717) is 6.42 Å². The minimum absolute atomic E-state index is 0.0471. The molecular formula is C11H21ClF2O. The molecule has 0 aliphatic rings. The van der Waals surface area contributed by atoms with Crippen LogP contribution >= 0.6 is 11.6 Å². The van der Waals surface area contributed by atoms with E-state index in [1.165, 1.54) is 32.1 Å². The van der Waals surface area contributed by atoms with Crippen molar-refractivity contribution in [2.45, 2.75) is 63.9 Å². The Morgan fingerprint density at radius 1 is 0.933 bits per heavy atom. The number of halogens is 3. The third-order valence-electron chi connectivity index (χ3n) is 2.26. The number of hydrogen-bond donors (Lipinski definition) is 0. The van der Waals surface area contributed by atoms with E-state index in [1.54, 1.807) is 0 Å². The van der Waals surface area contributed by atoms with Gasteiger partial charge in [-0.1, -0.05) is 51.9 Å². The molecule has 15 heavy (non-hydrogen) atoms. The zero-order valence-corrected chi connectivity index (χ0v) is 10.2. The van der Waals surface area contributed by atoms with Gasteiger partial charge in [-0.25, -0.2) is 0 Å². The van der Waals surface area contributed by atoms with E-state index in [9.17, 15) is 8.78 Å². The maximum absolute atomic E-state index is 12.0. The SMILES string of the molecule is CCCCCCCCCCOC(F)(F)Cl. The maximum Gasteiger partial charge on any atom is 0.440 e. The quantitative estimate of drug-likeness (QED) is 0.390. The second-order valence-electron chi connectivity index (χ2n) is 3.77. The normalized spacial score (nSPS) is 12.0. The molecular weight excluding hydrogens is 222 g/mol. The van der Waals surface area contributed by atoms with E-state index in [-0.39, 0.29) is 6.61 Å². The minimum atomic E-state index is -3.48. The highest BCUT2D eigenvalue weighted by Crippen LogP contribution is 2.20. The Balaban J connectivity index is 2.99. The van der Waals surface area contributed by atoms with Crippen molar-refractivity contribution in [3.8, 4) is 0 Å². The lowest BCUT2D eigenvalue weighted by molar-refractivity contribution is -0.170. The van der Waals surface area contributed by atoms with Crippen LogP contribution in [0.25, 0.3) is 0 Å². The molecule has 0 aromatic carbocycles. The number of hydrogen-bond acceptors (Lipinski definition) is 1. The minimum Gasteiger partial charge on any atom is -0.307 e. The first-order valence-electron chi connectivity index (χ1n) is 5.77. The van der Waals surface area contributed by atoms with Crippen molar-refractivity contribution in [3.63, 3.8) is 0 Å². The van der Waals surface area contributed by atoms with Gasteiger partial charge in [0.2, 0.25) is 0 Å². The number of rotatable bonds is 10. The molecule has 0 heterocycles. The first kappa shape index (κ1) is 15.1. The molecule has 4 heteroatoms. The van der Waals surface area contributed by atoms with Crippen molar-refractivity contribution >= 4 is 11.6 Å². The van der Waals surface area contributed by atoms with Crippen molar-refractivity contribution in [2.24, 2.45) is 0 Å². The lowest BCUT2D eigenvalue weighted by Crippen LogP contribution is -2.12. The lowest BCUT2D eigenvalue weighted by Gasteiger charge is -2.08. The first-order valence-corrected chi connectivity index (χ1v) is 6.14. The van der Waals surface area contributed by atoms with E-state index < -0.39 is 5.57 Å². The molecule has 0 aromatic rings. The molecule has 1 nitrogen and oxygen atoms in total. The van der Waals surface area contributed by atoms with E-state index >= 15 is 0 Å². The highest BCUT2D eigenvalue weighted by Gasteiger charge is 2.24. The second kappa shape index (κ2) is 9.34. The molecule has 0 atom stereocenters. The molecule has 0 spiro atoms. The van der Waals surface area contributed by atoms with Crippen molar-refractivity contribution in [1.29, 1.82) is 0 Å². The molecule has 0 fully saturated rings.